The van der Waals surface area contributed by atoms with E-state index >= 15 is 0 Å². The van der Waals surface area contributed by atoms with Gasteiger partial charge in [-0.05, 0) is 30.9 Å². The zero-order valence-corrected chi connectivity index (χ0v) is 11.9. The second kappa shape index (κ2) is 7.43. The highest BCUT2D eigenvalue weighted by Crippen LogP contribution is 2.25. The standard InChI is InChI=1S/C11H16ClN3O2S/c1-3-18-7-6-8(2)13-11-9(15(16)17)4-5-10(12)14-11/h4-5,8H,3,6-7H2,1-2H3,(H,13,14). The van der Waals surface area contributed by atoms with Gasteiger partial charge in [-0.25, -0.2) is 4.98 Å². The molecule has 0 aliphatic carbocycles. The normalized spacial score (nSPS) is 12.2. The van der Waals surface area contributed by atoms with E-state index in [2.05, 4.69) is 17.2 Å². The van der Waals surface area contributed by atoms with Crippen molar-refractivity contribution in [3.63, 3.8) is 0 Å². The van der Waals surface area contributed by atoms with Gasteiger partial charge in [-0.2, -0.15) is 11.8 Å². The molecule has 0 saturated carbocycles. The summed E-state index contributed by atoms with van der Waals surface area (Å²) in [6.45, 7) is 4.08. The van der Waals surface area contributed by atoms with Crippen molar-refractivity contribution in [3.8, 4) is 0 Å². The van der Waals surface area contributed by atoms with E-state index in [0.717, 1.165) is 17.9 Å². The van der Waals surface area contributed by atoms with Gasteiger partial charge >= 0.3 is 5.69 Å². The molecule has 1 heterocycles. The summed E-state index contributed by atoms with van der Waals surface area (Å²) in [4.78, 5) is 14.4. The molecule has 0 bridgehead atoms. The molecule has 0 amide bonds. The lowest BCUT2D eigenvalue weighted by molar-refractivity contribution is -0.384. The molecule has 1 unspecified atom stereocenters. The minimum Gasteiger partial charge on any atom is -0.362 e. The van der Waals surface area contributed by atoms with E-state index in [9.17, 15) is 10.1 Å². The van der Waals surface area contributed by atoms with Gasteiger partial charge in [0.25, 0.3) is 0 Å². The Kier molecular flexibility index (Phi) is 6.21. The second-order valence-electron chi connectivity index (χ2n) is 3.79. The van der Waals surface area contributed by atoms with Crippen molar-refractivity contribution in [1.29, 1.82) is 0 Å². The van der Waals surface area contributed by atoms with Gasteiger partial charge in [-0.1, -0.05) is 18.5 Å². The predicted molar refractivity (Wildman–Crippen MR) is 76.6 cm³/mol. The lowest BCUT2D eigenvalue weighted by atomic mass is 10.2. The highest BCUT2D eigenvalue weighted by atomic mass is 35.5. The first kappa shape index (κ1) is 15.0. The van der Waals surface area contributed by atoms with Crippen LogP contribution in [0.3, 0.4) is 0 Å². The molecule has 5 nitrogen and oxygen atoms in total. The Morgan fingerprint density at radius 1 is 1.61 bits per heavy atom. The highest BCUT2D eigenvalue weighted by Gasteiger charge is 2.17. The van der Waals surface area contributed by atoms with Crippen molar-refractivity contribution < 1.29 is 4.92 Å². The third-order valence-electron chi connectivity index (χ3n) is 2.32. The van der Waals surface area contributed by atoms with Crippen LogP contribution in [0.5, 0.6) is 0 Å². The van der Waals surface area contributed by atoms with E-state index in [1.807, 2.05) is 18.7 Å². The van der Waals surface area contributed by atoms with Crippen LogP contribution in [0, 0.1) is 10.1 Å². The van der Waals surface area contributed by atoms with Gasteiger partial charge in [0.2, 0.25) is 5.82 Å². The smallest absolute Gasteiger partial charge is 0.311 e. The molecular weight excluding hydrogens is 274 g/mol. The Labute approximate surface area is 115 Å². The Hall–Kier alpha value is -1.01. The SMILES string of the molecule is CCSCCC(C)Nc1nc(Cl)ccc1[N+](=O)[O-]. The average molecular weight is 290 g/mol. The molecule has 1 aromatic rings. The Morgan fingerprint density at radius 2 is 2.33 bits per heavy atom. The fourth-order valence-electron chi connectivity index (χ4n) is 1.39. The molecule has 1 atom stereocenters. The third kappa shape index (κ3) is 4.70. The number of nitrogens with zero attached hydrogens (tertiary/aromatic N) is 2. The summed E-state index contributed by atoms with van der Waals surface area (Å²) < 4.78 is 0. The fraction of sp³-hybridized carbons (Fsp3) is 0.545. The van der Waals surface area contributed by atoms with Gasteiger partial charge < -0.3 is 5.32 Å². The largest absolute Gasteiger partial charge is 0.362 e. The van der Waals surface area contributed by atoms with Crippen LogP contribution >= 0.6 is 23.4 Å². The zero-order chi connectivity index (χ0) is 13.5. The molecule has 0 saturated heterocycles. The van der Waals surface area contributed by atoms with E-state index in [1.54, 1.807) is 0 Å². The number of halogens is 1. The van der Waals surface area contributed by atoms with Gasteiger partial charge in [0.1, 0.15) is 5.15 Å². The Balaban J connectivity index is 2.70. The maximum Gasteiger partial charge on any atom is 0.311 e. The van der Waals surface area contributed by atoms with Crippen LogP contribution < -0.4 is 5.32 Å². The summed E-state index contributed by atoms with van der Waals surface area (Å²) in [5.74, 6) is 2.32. The number of nitro groups is 1. The van der Waals surface area contributed by atoms with Crippen LogP contribution in [0.4, 0.5) is 11.5 Å². The molecule has 18 heavy (non-hydrogen) atoms. The molecule has 7 heteroatoms. The molecular formula is C11H16ClN3O2S. The minimum atomic E-state index is -0.459. The molecule has 100 valence electrons. The molecule has 0 radical (unpaired) electrons. The van der Waals surface area contributed by atoms with E-state index in [1.165, 1.54) is 12.1 Å². The quantitative estimate of drug-likeness (QED) is 0.359. The maximum atomic E-state index is 10.9. The number of thioether (sulfide) groups is 1. The monoisotopic (exact) mass is 289 g/mol. The summed E-state index contributed by atoms with van der Waals surface area (Å²) in [5.41, 5.74) is -0.0469. The van der Waals surface area contributed by atoms with Crippen molar-refractivity contribution in [1.82, 2.24) is 4.98 Å². The van der Waals surface area contributed by atoms with Crippen LogP contribution in [0.15, 0.2) is 12.1 Å². The van der Waals surface area contributed by atoms with Crippen molar-refractivity contribution in [2.45, 2.75) is 26.3 Å². The number of hydrogen-bond donors (Lipinski definition) is 1. The summed E-state index contributed by atoms with van der Waals surface area (Å²) in [7, 11) is 0. The molecule has 1 aromatic heterocycles. The van der Waals surface area contributed by atoms with Gasteiger partial charge in [-0.3, -0.25) is 10.1 Å². The maximum absolute atomic E-state index is 10.9. The van der Waals surface area contributed by atoms with Crippen LogP contribution in [-0.4, -0.2) is 27.5 Å². The van der Waals surface area contributed by atoms with Crippen molar-refractivity contribution in [2.24, 2.45) is 0 Å². The Morgan fingerprint density at radius 3 is 2.94 bits per heavy atom. The van der Waals surface area contributed by atoms with Crippen molar-refractivity contribution in [3.05, 3.63) is 27.4 Å². The van der Waals surface area contributed by atoms with Crippen molar-refractivity contribution >= 4 is 34.9 Å². The number of anilines is 1. The summed E-state index contributed by atoms with van der Waals surface area (Å²) in [6.07, 6.45) is 0.920. The van der Waals surface area contributed by atoms with E-state index < -0.39 is 4.92 Å². The first-order valence-corrected chi connectivity index (χ1v) is 7.23. The van der Waals surface area contributed by atoms with Crippen LogP contribution in [0.25, 0.3) is 0 Å². The van der Waals surface area contributed by atoms with Gasteiger partial charge in [-0.15, -0.1) is 0 Å². The lowest BCUT2D eigenvalue weighted by Gasteiger charge is -2.14. The molecule has 0 fully saturated rings. The molecule has 0 aliphatic rings. The molecule has 0 aliphatic heterocycles. The first-order valence-electron chi connectivity index (χ1n) is 5.69. The number of pyridine rings is 1. The number of hydrogen-bond acceptors (Lipinski definition) is 5. The number of aromatic nitrogens is 1. The first-order chi connectivity index (χ1) is 8.54. The molecule has 1 N–H and O–H groups in total. The number of rotatable bonds is 7. The van der Waals surface area contributed by atoms with E-state index in [-0.39, 0.29) is 22.7 Å². The molecule has 0 spiro atoms. The predicted octanol–water partition coefficient (Wildman–Crippen LogP) is 3.59. The zero-order valence-electron chi connectivity index (χ0n) is 10.4. The number of nitrogens with one attached hydrogen (secondary N) is 1. The minimum absolute atomic E-state index is 0.0469. The second-order valence-corrected chi connectivity index (χ2v) is 5.57. The van der Waals surface area contributed by atoms with Crippen LogP contribution in [0.2, 0.25) is 5.15 Å². The fourth-order valence-corrected chi connectivity index (χ4v) is 2.35. The van der Waals surface area contributed by atoms with Gasteiger partial charge in [0, 0.05) is 12.1 Å². The van der Waals surface area contributed by atoms with Gasteiger partial charge in [0.15, 0.2) is 0 Å². The van der Waals surface area contributed by atoms with E-state index in [0.29, 0.717) is 0 Å². The van der Waals surface area contributed by atoms with Crippen molar-refractivity contribution in [2.75, 3.05) is 16.8 Å². The van der Waals surface area contributed by atoms with Crippen LogP contribution in [0.1, 0.15) is 20.3 Å². The summed E-state index contributed by atoms with van der Waals surface area (Å²) >= 11 is 7.59. The topological polar surface area (TPSA) is 68.1 Å². The van der Waals surface area contributed by atoms with E-state index in [4.69, 9.17) is 11.6 Å². The Bertz CT molecular complexity index is 417. The average Bonchev–Trinajstić information content (AvgIpc) is 2.29. The summed E-state index contributed by atoms with van der Waals surface area (Å²) in [5, 5.41) is 14.1. The molecule has 1 rings (SSSR count). The molecule has 0 aromatic carbocycles. The van der Waals surface area contributed by atoms with Gasteiger partial charge in [0.05, 0.1) is 4.92 Å². The highest BCUT2D eigenvalue weighted by molar-refractivity contribution is 7.99. The van der Waals surface area contributed by atoms with Crippen LogP contribution in [-0.2, 0) is 0 Å². The lowest BCUT2D eigenvalue weighted by Crippen LogP contribution is -2.18. The summed E-state index contributed by atoms with van der Waals surface area (Å²) in [6, 6.07) is 2.90. The third-order valence-corrected chi connectivity index (χ3v) is 3.46.